The molecule has 5 nitrogen and oxygen atoms in total. The molecule has 0 radical (unpaired) electrons. The van der Waals surface area contributed by atoms with Crippen LogP contribution in [0.1, 0.15) is 43.9 Å². The fourth-order valence-corrected chi connectivity index (χ4v) is 7.23. The van der Waals surface area contributed by atoms with Crippen LogP contribution in [0.2, 0.25) is 0 Å². The van der Waals surface area contributed by atoms with Gasteiger partial charge in [0, 0.05) is 37.5 Å². The first-order valence-electron chi connectivity index (χ1n) is 13.2. The van der Waals surface area contributed by atoms with Crippen molar-refractivity contribution in [3.63, 3.8) is 0 Å². The molecule has 186 valence electrons. The lowest BCUT2D eigenvalue weighted by atomic mass is 9.55. The number of rotatable bonds is 8. The Labute approximate surface area is 209 Å². The number of ketones is 1. The third-order valence-corrected chi connectivity index (χ3v) is 8.57. The van der Waals surface area contributed by atoms with E-state index in [9.17, 15) is 9.59 Å². The monoisotopic (exact) mass is 473 g/mol. The average Bonchev–Trinajstić information content (AvgIpc) is 3.13. The lowest BCUT2D eigenvalue weighted by molar-refractivity contribution is -0.146. The predicted molar refractivity (Wildman–Crippen MR) is 139 cm³/mol. The van der Waals surface area contributed by atoms with Gasteiger partial charge in [0.2, 0.25) is 5.91 Å². The number of piperidine rings is 2. The van der Waals surface area contributed by atoms with E-state index in [1.165, 1.54) is 11.1 Å². The Balaban J connectivity index is 1.50. The maximum atomic E-state index is 14.1. The molecule has 35 heavy (non-hydrogen) atoms. The van der Waals surface area contributed by atoms with Crippen LogP contribution in [-0.4, -0.2) is 47.3 Å². The van der Waals surface area contributed by atoms with Gasteiger partial charge in [0.05, 0.1) is 6.04 Å². The van der Waals surface area contributed by atoms with E-state index in [-0.39, 0.29) is 35.6 Å². The Morgan fingerprint density at radius 3 is 2.46 bits per heavy atom. The fourth-order valence-electron chi connectivity index (χ4n) is 7.23. The highest BCUT2D eigenvalue weighted by Gasteiger charge is 2.68. The van der Waals surface area contributed by atoms with Crippen LogP contribution in [0, 0.1) is 30.6 Å². The zero-order valence-electron chi connectivity index (χ0n) is 21.5. The Bertz CT molecular complexity index is 1070. The van der Waals surface area contributed by atoms with Crippen molar-refractivity contribution in [3.8, 4) is 0 Å². The molecule has 4 aliphatic rings. The number of carbonyl (C=O) groups is 2. The molecule has 5 heteroatoms. The first-order chi connectivity index (χ1) is 16.8. The molecule has 1 amide bonds. The molecule has 3 saturated heterocycles. The van der Waals surface area contributed by atoms with E-state index >= 15 is 0 Å². The highest BCUT2D eigenvalue weighted by Crippen LogP contribution is 2.55. The quantitative estimate of drug-likeness (QED) is 0.613. The molecule has 1 unspecified atom stereocenters. The van der Waals surface area contributed by atoms with Crippen LogP contribution in [0.4, 0.5) is 0 Å². The minimum atomic E-state index is -0.743. The molecule has 2 aromatic rings. The van der Waals surface area contributed by atoms with Crippen LogP contribution in [0.25, 0.3) is 0 Å². The van der Waals surface area contributed by atoms with Crippen molar-refractivity contribution in [2.24, 2.45) is 23.7 Å². The molecule has 6 atom stereocenters. The Morgan fingerprint density at radius 1 is 1.09 bits per heavy atom. The number of nitrogens with zero attached hydrogens (tertiary/aromatic N) is 1. The normalized spacial score (nSPS) is 31.6. The summed E-state index contributed by atoms with van der Waals surface area (Å²) >= 11 is 0. The summed E-state index contributed by atoms with van der Waals surface area (Å²) in [6.45, 7) is 10.8. The van der Waals surface area contributed by atoms with Crippen molar-refractivity contribution in [2.45, 2.75) is 64.7 Å². The number of amides is 1. The first-order valence-corrected chi connectivity index (χ1v) is 13.2. The minimum absolute atomic E-state index is 0.0461. The van der Waals surface area contributed by atoms with Crippen LogP contribution in [0.5, 0.6) is 0 Å². The van der Waals surface area contributed by atoms with Gasteiger partial charge in [-0.15, -0.1) is 0 Å². The summed E-state index contributed by atoms with van der Waals surface area (Å²) in [7, 11) is 0. The van der Waals surface area contributed by atoms with E-state index in [4.69, 9.17) is 0 Å². The number of likely N-dealkylation sites (tertiary alicyclic amines) is 1. The lowest BCUT2D eigenvalue weighted by Crippen LogP contribution is -2.78. The van der Waals surface area contributed by atoms with Gasteiger partial charge in [0.1, 0.15) is 11.3 Å². The fraction of sp³-hybridized carbons (Fsp3) is 0.533. The number of hydrogen-bond donors (Lipinski definition) is 2. The summed E-state index contributed by atoms with van der Waals surface area (Å²) in [6.07, 6.45) is 1.63. The molecule has 3 aliphatic heterocycles. The third-order valence-electron chi connectivity index (χ3n) is 8.57. The number of benzene rings is 2. The van der Waals surface area contributed by atoms with E-state index in [2.05, 4.69) is 84.8 Å². The summed E-state index contributed by atoms with van der Waals surface area (Å²) in [5.41, 5.74) is 2.81. The molecule has 4 fully saturated rings. The maximum Gasteiger partial charge on any atom is 0.240 e. The van der Waals surface area contributed by atoms with Gasteiger partial charge in [-0.25, -0.2) is 0 Å². The predicted octanol–water partition coefficient (Wildman–Crippen LogP) is 3.75. The summed E-state index contributed by atoms with van der Waals surface area (Å²) in [5, 5.41) is 6.94. The maximum absolute atomic E-state index is 14.1. The van der Waals surface area contributed by atoms with E-state index in [1.807, 2.05) is 6.07 Å². The molecule has 2 N–H and O–H groups in total. The molecule has 2 aromatic carbocycles. The van der Waals surface area contributed by atoms with E-state index in [0.29, 0.717) is 18.4 Å². The SMILES string of the molecule is CC(=O)C1N[C@@]2(C(=O)NCc3ccc(C)cc3)C[C@@H]3CN(CC(C)C)[C@H]([C@H]13)[C@H]2Cc1ccccc1. The number of hydrogen-bond acceptors (Lipinski definition) is 4. The second-order valence-electron chi connectivity index (χ2n) is 11.5. The highest BCUT2D eigenvalue weighted by atomic mass is 16.2. The highest BCUT2D eigenvalue weighted by molar-refractivity contribution is 5.91. The minimum Gasteiger partial charge on any atom is -0.350 e. The molecule has 1 saturated carbocycles. The summed E-state index contributed by atoms with van der Waals surface area (Å²) in [4.78, 5) is 29.6. The number of aryl methyl sites for hydroxylation is 1. The molecule has 4 bridgehead atoms. The van der Waals surface area contributed by atoms with E-state index < -0.39 is 5.54 Å². The van der Waals surface area contributed by atoms with Crippen molar-refractivity contribution < 1.29 is 9.59 Å². The molecule has 6 rings (SSSR count). The van der Waals surface area contributed by atoms with Crippen molar-refractivity contribution in [1.29, 1.82) is 0 Å². The second kappa shape index (κ2) is 9.51. The molecule has 3 heterocycles. The van der Waals surface area contributed by atoms with Gasteiger partial charge in [0.15, 0.2) is 0 Å². The van der Waals surface area contributed by atoms with Gasteiger partial charge in [-0.1, -0.05) is 74.0 Å². The lowest BCUT2D eigenvalue weighted by Gasteiger charge is -2.59. The second-order valence-corrected chi connectivity index (χ2v) is 11.5. The third kappa shape index (κ3) is 4.45. The number of fused-ring (bicyclic) bond motifs is 1. The molecule has 0 aromatic heterocycles. The van der Waals surface area contributed by atoms with Crippen LogP contribution in [-0.2, 0) is 22.6 Å². The van der Waals surface area contributed by atoms with E-state index in [1.54, 1.807) is 6.92 Å². The molecule has 1 aliphatic carbocycles. The van der Waals surface area contributed by atoms with Gasteiger partial charge in [-0.05, 0) is 49.7 Å². The zero-order valence-corrected chi connectivity index (χ0v) is 21.5. The standard InChI is InChI=1S/C30H39N3O2/c1-19(2)17-33-18-24-15-30(29(35)31-16-23-12-10-20(3)11-13-23)25(14-22-8-6-5-7-9-22)28(33)26(24)27(32-30)21(4)34/h5-13,19,24-28,32H,14-18H2,1-4H3,(H,31,35)/t24-,25-,26+,27?,28+,30+/m1/s1. The molecule has 0 spiro atoms. The van der Waals surface area contributed by atoms with Crippen molar-refractivity contribution in [1.82, 2.24) is 15.5 Å². The number of nitrogens with one attached hydrogen (secondary N) is 2. The smallest absolute Gasteiger partial charge is 0.240 e. The van der Waals surface area contributed by atoms with E-state index in [0.717, 1.165) is 31.5 Å². The van der Waals surface area contributed by atoms with Gasteiger partial charge in [-0.2, -0.15) is 0 Å². The number of carbonyl (C=O) groups excluding carboxylic acids is 2. The van der Waals surface area contributed by atoms with Crippen molar-refractivity contribution >= 4 is 11.7 Å². The van der Waals surface area contributed by atoms with Crippen molar-refractivity contribution in [2.75, 3.05) is 13.1 Å². The topological polar surface area (TPSA) is 61.4 Å². The van der Waals surface area contributed by atoms with Gasteiger partial charge in [0.25, 0.3) is 0 Å². The molecular formula is C30H39N3O2. The first kappa shape index (κ1) is 24.2. The zero-order chi connectivity index (χ0) is 24.7. The van der Waals surface area contributed by atoms with Gasteiger partial charge in [-0.3, -0.25) is 19.8 Å². The average molecular weight is 474 g/mol. The van der Waals surface area contributed by atoms with Crippen LogP contribution in [0.3, 0.4) is 0 Å². The van der Waals surface area contributed by atoms with Gasteiger partial charge >= 0.3 is 0 Å². The van der Waals surface area contributed by atoms with Crippen LogP contribution >= 0.6 is 0 Å². The van der Waals surface area contributed by atoms with Crippen LogP contribution in [0.15, 0.2) is 54.6 Å². The van der Waals surface area contributed by atoms with Crippen LogP contribution < -0.4 is 10.6 Å². The van der Waals surface area contributed by atoms with Crippen molar-refractivity contribution in [3.05, 3.63) is 71.3 Å². The Kier molecular flexibility index (Phi) is 6.58. The largest absolute Gasteiger partial charge is 0.350 e. The Morgan fingerprint density at radius 2 is 1.80 bits per heavy atom. The Hall–Kier alpha value is -2.50. The summed E-state index contributed by atoms with van der Waals surface area (Å²) < 4.78 is 0. The summed E-state index contributed by atoms with van der Waals surface area (Å²) in [6, 6.07) is 18.8. The molecular weight excluding hydrogens is 434 g/mol. The number of Topliss-reactive ketones (excluding diaryl/α,β-unsaturated/α-hetero) is 1. The van der Waals surface area contributed by atoms with Gasteiger partial charge < -0.3 is 5.32 Å². The summed E-state index contributed by atoms with van der Waals surface area (Å²) in [5.74, 6) is 1.49.